The summed E-state index contributed by atoms with van der Waals surface area (Å²) >= 11 is 5.93. The number of nitrogen functional groups attached to an aromatic ring is 1. The van der Waals surface area contributed by atoms with Crippen LogP contribution in [-0.2, 0) is 11.2 Å². The Morgan fingerprint density at radius 2 is 1.77 bits per heavy atom. The Hall–Kier alpha value is -3.39. The van der Waals surface area contributed by atoms with E-state index < -0.39 is 11.8 Å². The van der Waals surface area contributed by atoms with E-state index in [4.69, 9.17) is 31.5 Å². The van der Waals surface area contributed by atoms with Gasteiger partial charge in [0.15, 0.2) is 34.7 Å². The Labute approximate surface area is 177 Å². The van der Waals surface area contributed by atoms with Crippen molar-refractivity contribution >= 4 is 23.4 Å². The topological polar surface area (TPSA) is 96.6 Å². The summed E-state index contributed by atoms with van der Waals surface area (Å²) in [4.78, 5) is 20.8. The summed E-state index contributed by atoms with van der Waals surface area (Å²) in [5, 5.41) is 0.0841. The van der Waals surface area contributed by atoms with Gasteiger partial charge in [-0.25, -0.2) is 19.2 Å². The Kier molecular flexibility index (Phi) is 6.68. The summed E-state index contributed by atoms with van der Waals surface area (Å²) < 4.78 is 30.2. The molecule has 2 N–H and O–H groups in total. The number of hydrogen-bond donors (Lipinski definition) is 1. The van der Waals surface area contributed by atoms with Crippen molar-refractivity contribution < 1.29 is 23.4 Å². The second-order valence-corrected chi connectivity index (χ2v) is 6.54. The molecule has 9 heteroatoms. The van der Waals surface area contributed by atoms with Crippen LogP contribution < -0.4 is 15.2 Å². The normalized spacial score (nSPS) is 10.5. The van der Waals surface area contributed by atoms with E-state index in [1.54, 1.807) is 0 Å². The van der Waals surface area contributed by atoms with Gasteiger partial charge in [-0.15, -0.1) is 0 Å². The number of carbonyl (C=O) groups is 1. The lowest BCUT2D eigenvalue weighted by Crippen LogP contribution is -2.14. The zero-order valence-electron chi connectivity index (χ0n) is 16.3. The molecule has 0 aliphatic carbocycles. The largest absolute Gasteiger partial charge is 0.492 e. The molecule has 30 heavy (non-hydrogen) atoms. The Morgan fingerprint density at radius 1 is 1.07 bits per heavy atom. The molecule has 0 amide bonds. The maximum atomic E-state index is 14.8. The number of anilines is 1. The monoisotopic (exact) mass is 431 g/mol. The van der Waals surface area contributed by atoms with E-state index in [9.17, 15) is 9.18 Å². The van der Waals surface area contributed by atoms with E-state index in [1.807, 2.05) is 30.3 Å². The molecule has 156 valence electrons. The lowest BCUT2D eigenvalue weighted by molar-refractivity contribution is 0.0498. The number of benzene rings is 2. The number of esters is 1. The van der Waals surface area contributed by atoms with Crippen molar-refractivity contribution in [1.82, 2.24) is 9.97 Å². The number of ether oxygens (including phenoxy) is 3. The van der Waals surface area contributed by atoms with Crippen molar-refractivity contribution in [1.29, 1.82) is 0 Å². The zero-order chi connectivity index (χ0) is 21.7. The third-order valence-corrected chi connectivity index (χ3v) is 4.55. The minimum Gasteiger partial charge on any atom is -0.492 e. The molecule has 0 fully saturated rings. The molecule has 0 bridgehead atoms. The van der Waals surface area contributed by atoms with E-state index in [1.165, 1.54) is 26.4 Å². The molecule has 0 unspecified atom stereocenters. The molecule has 0 aliphatic rings. The van der Waals surface area contributed by atoms with Gasteiger partial charge in [0, 0.05) is 6.42 Å². The molecule has 0 saturated heterocycles. The van der Waals surface area contributed by atoms with Gasteiger partial charge in [0.05, 0.1) is 31.4 Å². The van der Waals surface area contributed by atoms with Crippen LogP contribution in [0.3, 0.4) is 0 Å². The second kappa shape index (κ2) is 9.41. The van der Waals surface area contributed by atoms with Crippen molar-refractivity contribution in [2.24, 2.45) is 0 Å². The summed E-state index contributed by atoms with van der Waals surface area (Å²) in [5.41, 5.74) is 6.68. The Morgan fingerprint density at radius 3 is 2.43 bits per heavy atom. The molecule has 0 saturated carbocycles. The third-order valence-electron chi connectivity index (χ3n) is 4.25. The molecule has 2 aromatic carbocycles. The summed E-state index contributed by atoms with van der Waals surface area (Å²) in [7, 11) is 2.61. The number of carbonyl (C=O) groups excluding carboxylic acids is 1. The maximum absolute atomic E-state index is 14.8. The highest BCUT2D eigenvalue weighted by Gasteiger charge is 2.24. The van der Waals surface area contributed by atoms with Crippen molar-refractivity contribution in [2.45, 2.75) is 6.42 Å². The Balaban J connectivity index is 1.91. The molecule has 0 spiro atoms. The summed E-state index contributed by atoms with van der Waals surface area (Å²) in [6.45, 7) is 0.119. The maximum Gasteiger partial charge on any atom is 0.361 e. The number of hydrogen-bond acceptors (Lipinski definition) is 7. The van der Waals surface area contributed by atoms with Crippen LogP contribution in [0.4, 0.5) is 10.2 Å². The van der Waals surface area contributed by atoms with Gasteiger partial charge in [-0.2, -0.15) is 0 Å². The van der Waals surface area contributed by atoms with Crippen LogP contribution in [0, 0.1) is 5.82 Å². The van der Waals surface area contributed by atoms with Crippen molar-refractivity contribution in [3.05, 3.63) is 64.6 Å². The zero-order valence-corrected chi connectivity index (χ0v) is 17.1. The lowest BCUT2D eigenvalue weighted by atomic mass is 10.1. The van der Waals surface area contributed by atoms with Crippen molar-refractivity contribution in [3.63, 3.8) is 0 Å². The average Bonchev–Trinajstić information content (AvgIpc) is 2.74. The van der Waals surface area contributed by atoms with E-state index in [0.717, 1.165) is 5.56 Å². The quantitative estimate of drug-likeness (QED) is 0.566. The van der Waals surface area contributed by atoms with Gasteiger partial charge in [-0.05, 0) is 17.7 Å². The standard InChI is InChI=1S/C21H19ClFN3O4/c1-28-17-14(22)9-8-13(15(17)23)20-25-16(18(29-2)19(24)26-20)21(27)30-11-10-12-6-4-3-5-7-12/h3-9H,10-11H2,1-2H3,(H2,24,25,26). The summed E-state index contributed by atoms with van der Waals surface area (Å²) in [6.07, 6.45) is 0.519. The van der Waals surface area contributed by atoms with Crippen LogP contribution in [0.15, 0.2) is 42.5 Å². The molecular weight excluding hydrogens is 413 g/mol. The van der Waals surface area contributed by atoms with Crippen LogP contribution in [-0.4, -0.2) is 36.8 Å². The van der Waals surface area contributed by atoms with Crippen LogP contribution >= 0.6 is 11.6 Å². The molecule has 7 nitrogen and oxygen atoms in total. The molecule has 0 radical (unpaired) electrons. The van der Waals surface area contributed by atoms with Gasteiger partial charge in [0.2, 0.25) is 0 Å². The highest BCUT2D eigenvalue weighted by atomic mass is 35.5. The second-order valence-electron chi connectivity index (χ2n) is 6.13. The molecule has 0 atom stereocenters. The number of nitrogens with two attached hydrogens (primary N) is 1. The predicted molar refractivity (Wildman–Crippen MR) is 110 cm³/mol. The first-order valence-corrected chi connectivity index (χ1v) is 9.29. The smallest absolute Gasteiger partial charge is 0.361 e. The lowest BCUT2D eigenvalue weighted by Gasteiger charge is -2.13. The van der Waals surface area contributed by atoms with Crippen LogP contribution in [0.25, 0.3) is 11.4 Å². The van der Waals surface area contributed by atoms with Crippen LogP contribution in [0.5, 0.6) is 11.5 Å². The van der Waals surface area contributed by atoms with Gasteiger partial charge in [0.25, 0.3) is 0 Å². The fraction of sp³-hybridized carbons (Fsp3) is 0.190. The minimum absolute atomic E-state index is 0.0380. The van der Waals surface area contributed by atoms with Gasteiger partial charge in [-0.1, -0.05) is 41.9 Å². The van der Waals surface area contributed by atoms with Gasteiger partial charge in [0.1, 0.15) is 0 Å². The van der Waals surface area contributed by atoms with Crippen LogP contribution in [0.1, 0.15) is 16.1 Å². The highest BCUT2D eigenvalue weighted by Crippen LogP contribution is 2.35. The molecule has 0 aliphatic heterocycles. The van der Waals surface area contributed by atoms with E-state index in [2.05, 4.69) is 9.97 Å². The summed E-state index contributed by atoms with van der Waals surface area (Å²) in [5.74, 6) is -2.03. The highest BCUT2D eigenvalue weighted by molar-refractivity contribution is 6.32. The van der Waals surface area contributed by atoms with Crippen molar-refractivity contribution in [2.75, 3.05) is 26.6 Å². The predicted octanol–water partition coefficient (Wildman–Crippen LogP) is 3.94. The minimum atomic E-state index is -0.780. The number of rotatable bonds is 7. The fourth-order valence-electron chi connectivity index (χ4n) is 2.79. The molecule has 1 aromatic heterocycles. The van der Waals surface area contributed by atoms with Crippen molar-refractivity contribution in [3.8, 4) is 22.9 Å². The van der Waals surface area contributed by atoms with Gasteiger partial charge < -0.3 is 19.9 Å². The first kappa shape index (κ1) is 21.3. The molecule has 3 aromatic rings. The van der Waals surface area contributed by atoms with E-state index in [0.29, 0.717) is 6.42 Å². The fourth-order valence-corrected chi connectivity index (χ4v) is 3.02. The number of nitrogens with zero attached hydrogens (tertiary/aromatic N) is 2. The van der Waals surface area contributed by atoms with E-state index in [-0.39, 0.29) is 46.0 Å². The first-order chi connectivity index (χ1) is 14.5. The number of methoxy groups -OCH3 is 2. The average molecular weight is 432 g/mol. The first-order valence-electron chi connectivity index (χ1n) is 8.91. The molecule has 1 heterocycles. The third kappa shape index (κ3) is 4.44. The molecule has 3 rings (SSSR count). The van der Waals surface area contributed by atoms with Gasteiger partial charge in [-0.3, -0.25) is 0 Å². The number of aromatic nitrogens is 2. The van der Waals surface area contributed by atoms with E-state index >= 15 is 0 Å². The van der Waals surface area contributed by atoms with Crippen LogP contribution in [0.2, 0.25) is 5.02 Å². The number of halogens is 2. The van der Waals surface area contributed by atoms with Gasteiger partial charge >= 0.3 is 5.97 Å². The Bertz CT molecular complexity index is 1060. The molecular formula is C21H19ClFN3O4. The summed E-state index contributed by atoms with van der Waals surface area (Å²) in [6, 6.07) is 12.3. The SMILES string of the molecule is COc1c(N)nc(-c2ccc(Cl)c(OC)c2F)nc1C(=O)OCCc1ccccc1.